The van der Waals surface area contributed by atoms with Crippen molar-refractivity contribution in [1.82, 2.24) is 9.97 Å². The highest BCUT2D eigenvalue weighted by molar-refractivity contribution is 6.36. The van der Waals surface area contributed by atoms with E-state index in [1.807, 2.05) is 0 Å². The number of nitrogens with two attached hydrogens (primary N) is 2. The van der Waals surface area contributed by atoms with Crippen LogP contribution in [0.15, 0.2) is 12.1 Å². The van der Waals surface area contributed by atoms with Gasteiger partial charge in [-0.1, -0.05) is 5.46 Å². The highest BCUT2D eigenvalue weighted by atomic mass is 15.0. The van der Waals surface area contributed by atoms with E-state index in [2.05, 4.69) is 9.97 Å². The number of rotatable bonds is 0. The van der Waals surface area contributed by atoms with E-state index in [-0.39, 0.29) is 0 Å². The molecule has 1 aromatic carbocycles. The Morgan fingerprint density at radius 2 is 2.08 bits per heavy atom. The quantitative estimate of drug-likeness (QED) is 0.357. The number of H-pyrrole nitrogens is 1. The summed E-state index contributed by atoms with van der Waals surface area (Å²) >= 11 is 0. The van der Waals surface area contributed by atoms with Crippen molar-refractivity contribution >= 4 is 36.0 Å². The van der Waals surface area contributed by atoms with Crippen LogP contribution >= 0.6 is 0 Å². The van der Waals surface area contributed by atoms with Gasteiger partial charge in [0, 0.05) is 5.69 Å². The first kappa shape index (κ1) is 7.03. The fourth-order valence-corrected chi connectivity index (χ4v) is 1.11. The number of nitrogens with zero attached hydrogens (tertiary/aromatic N) is 1. The molecule has 0 spiro atoms. The van der Waals surface area contributed by atoms with Gasteiger partial charge in [-0.15, -0.1) is 0 Å². The highest BCUT2D eigenvalue weighted by Gasteiger charge is 2.01. The maximum absolute atomic E-state index is 5.58. The molecule has 0 atom stereocenters. The number of hydrogen-bond donors (Lipinski definition) is 3. The Balaban J connectivity index is 2.83. The van der Waals surface area contributed by atoms with Crippen molar-refractivity contribution in [3.05, 3.63) is 12.1 Å². The number of aromatic amines is 1. The zero-order valence-electron chi connectivity index (χ0n) is 6.33. The van der Waals surface area contributed by atoms with Crippen LogP contribution in [0.4, 0.5) is 11.6 Å². The molecule has 4 nitrogen and oxygen atoms in total. The first-order valence-electron chi connectivity index (χ1n) is 3.47. The van der Waals surface area contributed by atoms with Crippen LogP contribution in [0.3, 0.4) is 0 Å². The monoisotopic (exact) mass is 158 g/mol. The number of benzene rings is 1. The summed E-state index contributed by atoms with van der Waals surface area (Å²) in [4.78, 5) is 6.86. The molecule has 1 aromatic heterocycles. The van der Waals surface area contributed by atoms with E-state index >= 15 is 0 Å². The molecule has 5 N–H and O–H groups in total. The van der Waals surface area contributed by atoms with Crippen molar-refractivity contribution in [2.24, 2.45) is 0 Å². The van der Waals surface area contributed by atoms with Gasteiger partial charge in [-0.2, -0.15) is 0 Å². The van der Waals surface area contributed by atoms with E-state index in [1.54, 1.807) is 12.1 Å². The maximum Gasteiger partial charge on any atom is 0.198 e. The van der Waals surface area contributed by atoms with Crippen molar-refractivity contribution in [3.8, 4) is 0 Å². The van der Waals surface area contributed by atoms with Crippen molar-refractivity contribution in [2.75, 3.05) is 11.5 Å². The summed E-state index contributed by atoms with van der Waals surface area (Å²) < 4.78 is 0. The van der Waals surface area contributed by atoms with E-state index in [9.17, 15) is 0 Å². The van der Waals surface area contributed by atoms with Gasteiger partial charge in [-0.25, -0.2) is 4.98 Å². The number of fused-ring (bicyclic) bond motifs is 1. The van der Waals surface area contributed by atoms with Gasteiger partial charge < -0.3 is 16.5 Å². The zero-order chi connectivity index (χ0) is 8.72. The molecule has 58 valence electrons. The Labute approximate surface area is 70.4 Å². The second-order valence-corrected chi connectivity index (χ2v) is 2.62. The molecule has 0 unspecified atom stereocenters. The molecule has 0 aliphatic carbocycles. The summed E-state index contributed by atoms with van der Waals surface area (Å²) in [6.45, 7) is 0. The van der Waals surface area contributed by atoms with E-state index in [4.69, 9.17) is 19.3 Å². The Morgan fingerprint density at radius 3 is 2.83 bits per heavy atom. The molecule has 0 amide bonds. The predicted molar refractivity (Wildman–Crippen MR) is 50.3 cm³/mol. The van der Waals surface area contributed by atoms with Crippen LogP contribution in [-0.2, 0) is 0 Å². The van der Waals surface area contributed by atoms with Gasteiger partial charge in [0.1, 0.15) is 7.85 Å². The van der Waals surface area contributed by atoms with E-state index in [0.717, 1.165) is 11.0 Å². The summed E-state index contributed by atoms with van der Waals surface area (Å²) in [5.41, 5.74) is 13.6. The number of imidazole rings is 1. The first-order chi connectivity index (χ1) is 5.66. The lowest BCUT2D eigenvalue weighted by molar-refractivity contribution is 1.35. The largest absolute Gasteiger partial charge is 0.399 e. The Bertz CT molecular complexity index is 395. The van der Waals surface area contributed by atoms with Gasteiger partial charge in [0.2, 0.25) is 0 Å². The van der Waals surface area contributed by atoms with E-state index in [1.165, 1.54) is 0 Å². The molecule has 0 bridgehead atoms. The van der Waals surface area contributed by atoms with Gasteiger partial charge in [0.15, 0.2) is 5.95 Å². The second kappa shape index (κ2) is 2.17. The maximum atomic E-state index is 5.58. The Hall–Kier alpha value is -1.65. The number of nitrogen functional groups attached to an aromatic ring is 2. The van der Waals surface area contributed by atoms with Crippen LogP contribution in [0.2, 0.25) is 0 Å². The lowest BCUT2D eigenvalue weighted by atomic mass is 9.94. The van der Waals surface area contributed by atoms with Gasteiger partial charge in [0.25, 0.3) is 0 Å². The van der Waals surface area contributed by atoms with Crippen LogP contribution in [-0.4, -0.2) is 17.8 Å². The molecule has 0 aliphatic rings. The summed E-state index contributed by atoms with van der Waals surface area (Å²) in [7, 11) is 5.58. The van der Waals surface area contributed by atoms with Gasteiger partial charge in [-0.05, 0) is 12.1 Å². The van der Waals surface area contributed by atoms with E-state index < -0.39 is 0 Å². The van der Waals surface area contributed by atoms with Gasteiger partial charge in [0.05, 0.1) is 11.0 Å². The number of nitrogens with one attached hydrogen (secondary N) is 1. The molecule has 0 aliphatic heterocycles. The second-order valence-electron chi connectivity index (χ2n) is 2.62. The third-order valence-electron chi connectivity index (χ3n) is 1.70. The molecule has 2 radical (unpaired) electrons. The summed E-state index contributed by atoms with van der Waals surface area (Å²) in [6, 6.07) is 3.41. The molecule has 1 heterocycles. The Kier molecular flexibility index (Phi) is 1.27. The first-order valence-corrected chi connectivity index (χ1v) is 3.47. The molecule has 0 saturated carbocycles. The van der Waals surface area contributed by atoms with Gasteiger partial charge >= 0.3 is 0 Å². The zero-order valence-corrected chi connectivity index (χ0v) is 6.33. The number of aromatic nitrogens is 2. The summed E-state index contributed by atoms with van der Waals surface area (Å²) in [6.07, 6.45) is 0. The highest BCUT2D eigenvalue weighted by Crippen LogP contribution is 2.13. The molecular formula is C7H7BN4. The van der Waals surface area contributed by atoms with Crippen molar-refractivity contribution in [1.29, 1.82) is 0 Å². The number of hydrogen-bond acceptors (Lipinski definition) is 3. The number of anilines is 2. The average molecular weight is 158 g/mol. The third-order valence-corrected chi connectivity index (χ3v) is 1.70. The van der Waals surface area contributed by atoms with Crippen LogP contribution in [0, 0.1) is 0 Å². The Morgan fingerprint density at radius 1 is 1.33 bits per heavy atom. The molecule has 5 heteroatoms. The normalized spacial score (nSPS) is 10.7. The van der Waals surface area contributed by atoms with Crippen molar-refractivity contribution in [3.63, 3.8) is 0 Å². The fraction of sp³-hybridized carbons (Fsp3) is 0. The predicted octanol–water partition coefficient (Wildman–Crippen LogP) is -0.479. The minimum atomic E-state index is 0.370. The molecule has 0 fully saturated rings. The van der Waals surface area contributed by atoms with Crippen molar-refractivity contribution in [2.45, 2.75) is 0 Å². The molecule has 2 aromatic rings. The smallest absolute Gasteiger partial charge is 0.198 e. The van der Waals surface area contributed by atoms with Crippen molar-refractivity contribution < 1.29 is 0 Å². The molecular weight excluding hydrogens is 151 g/mol. The standard InChI is InChI=1S/C7H7BN4/c8-3-1-5-6(2-4(3)9)12-7(10)11-5/h1-2H,9H2,(H3,10,11,12). The SMILES string of the molecule is [B]c1cc2[nH]c(N)nc2cc1N. The van der Waals surface area contributed by atoms with Crippen LogP contribution in [0.1, 0.15) is 0 Å². The minimum absolute atomic E-state index is 0.370. The van der Waals surface area contributed by atoms with Crippen LogP contribution in [0.5, 0.6) is 0 Å². The molecule has 12 heavy (non-hydrogen) atoms. The third kappa shape index (κ3) is 0.904. The summed E-state index contributed by atoms with van der Waals surface area (Å²) in [5.74, 6) is 0.370. The van der Waals surface area contributed by atoms with E-state index in [0.29, 0.717) is 17.1 Å². The van der Waals surface area contributed by atoms with Crippen LogP contribution in [0.25, 0.3) is 11.0 Å². The lowest BCUT2D eigenvalue weighted by Gasteiger charge is -1.97. The fourth-order valence-electron chi connectivity index (χ4n) is 1.11. The average Bonchev–Trinajstić information content (AvgIpc) is 2.30. The molecule has 2 rings (SSSR count). The minimum Gasteiger partial charge on any atom is -0.399 e. The molecule has 0 saturated heterocycles. The lowest BCUT2D eigenvalue weighted by Crippen LogP contribution is -2.08. The topological polar surface area (TPSA) is 80.7 Å². The van der Waals surface area contributed by atoms with Crippen LogP contribution < -0.4 is 16.9 Å². The summed E-state index contributed by atoms with van der Waals surface area (Å²) in [5, 5.41) is 0. The van der Waals surface area contributed by atoms with Gasteiger partial charge in [-0.3, -0.25) is 0 Å².